The lowest BCUT2D eigenvalue weighted by molar-refractivity contribution is -0.0696. The molecule has 242 valence electrons. The van der Waals surface area contributed by atoms with E-state index in [0.717, 1.165) is 48.1 Å². The molecule has 5 aromatic rings. The van der Waals surface area contributed by atoms with Gasteiger partial charge in [-0.15, -0.1) is 0 Å². The van der Waals surface area contributed by atoms with Gasteiger partial charge < -0.3 is 0 Å². The summed E-state index contributed by atoms with van der Waals surface area (Å²) in [4.78, 5) is 8.50. The van der Waals surface area contributed by atoms with E-state index in [1.807, 2.05) is 0 Å². The van der Waals surface area contributed by atoms with Crippen LogP contribution in [0.2, 0.25) is 0 Å². The van der Waals surface area contributed by atoms with Crippen molar-refractivity contribution in [3.05, 3.63) is 118 Å². The molecule has 0 N–H and O–H groups in total. The minimum atomic E-state index is -5.04. The van der Waals surface area contributed by atoms with E-state index in [1.165, 1.54) is 37.2 Å². The number of fused-ring (bicyclic) bond motifs is 1. The van der Waals surface area contributed by atoms with Gasteiger partial charge >= 0.3 is 6.18 Å². The van der Waals surface area contributed by atoms with Crippen molar-refractivity contribution in [3.8, 4) is 34.4 Å². The Morgan fingerprint density at radius 2 is 1.23 bits per heavy atom. The Labute approximate surface area is 266 Å². The van der Waals surface area contributed by atoms with Gasteiger partial charge in [-0.1, -0.05) is 56.4 Å². The van der Waals surface area contributed by atoms with Crippen LogP contribution in [0, 0.1) is 40.9 Å². The molecule has 0 bridgehead atoms. The molecule has 0 fully saturated rings. The molecule has 0 atom stereocenters. The van der Waals surface area contributed by atoms with Gasteiger partial charge in [0.25, 0.3) is 0 Å². The quantitative estimate of drug-likeness (QED) is 0.0853. The number of halogens is 8. The number of aromatic nitrogens is 2. The van der Waals surface area contributed by atoms with Gasteiger partial charge in [-0.2, -0.15) is 13.2 Å². The molecular formula is C37H28F8N2. The molecule has 10 heteroatoms. The fourth-order valence-corrected chi connectivity index (χ4v) is 5.33. The van der Waals surface area contributed by atoms with Crippen molar-refractivity contribution in [3.63, 3.8) is 0 Å². The molecule has 1 heterocycles. The van der Waals surface area contributed by atoms with Crippen molar-refractivity contribution in [1.29, 1.82) is 0 Å². The van der Waals surface area contributed by atoms with E-state index in [4.69, 9.17) is 0 Å². The SMILES string of the molecule is CCCCCCc1ccc(CCc2cnc(-c3cc(F)c(-c4cc(F)c5c(F)c(C#CC(F)(F)F)c(F)cc5c4)c(F)c3)nc2)cc1. The third-order valence-electron chi connectivity index (χ3n) is 7.75. The molecule has 2 nitrogen and oxygen atoms in total. The van der Waals surface area contributed by atoms with Gasteiger partial charge in [-0.3, -0.25) is 0 Å². The van der Waals surface area contributed by atoms with Crippen molar-refractivity contribution in [2.75, 3.05) is 0 Å². The number of hydrogen-bond donors (Lipinski definition) is 0. The van der Waals surface area contributed by atoms with Gasteiger partial charge in [0.2, 0.25) is 0 Å². The Balaban J connectivity index is 1.32. The normalized spacial score (nSPS) is 11.5. The fraction of sp³-hybridized carbons (Fsp3) is 0.243. The lowest BCUT2D eigenvalue weighted by Crippen LogP contribution is -2.03. The topological polar surface area (TPSA) is 25.8 Å². The standard InChI is InChI=1S/C37H28F8N2/c1-2-3-4-5-6-22-7-9-23(10-8-22)11-12-24-20-46-36(47-21-24)27-18-30(39)33(31(40)19-27)25-15-26-16-29(38)28(13-14-37(43,44)45)35(42)34(26)32(41)17-25/h7-10,15-21H,2-6,11-12H2,1H3. The van der Waals surface area contributed by atoms with Crippen molar-refractivity contribution in [2.45, 2.75) is 58.0 Å². The molecule has 4 aromatic carbocycles. The molecule has 0 unspecified atom stereocenters. The highest BCUT2D eigenvalue weighted by Gasteiger charge is 2.25. The van der Waals surface area contributed by atoms with Gasteiger partial charge in [0.05, 0.1) is 16.5 Å². The number of unbranched alkanes of at least 4 members (excludes halogenated alkanes) is 3. The summed E-state index contributed by atoms with van der Waals surface area (Å²) in [5.74, 6) is -4.64. The third kappa shape index (κ3) is 8.15. The highest BCUT2D eigenvalue weighted by atomic mass is 19.4. The molecule has 0 saturated carbocycles. The smallest absolute Gasteiger partial charge is 0.236 e. The van der Waals surface area contributed by atoms with Crippen LogP contribution in [0.3, 0.4) is 0 Å². The number of nitrogens with zero attached hydrogens (tertiary/aromatic N) is 2. The molecule has 1 aromatic heterocycles. The maximum atomic E-state index is 15.3. The van der Waals surface area contributed by atoms with E-state index in [0.29, 0.717) is 18.6 Å². The van der Waals surface area contributed by atoms with E-state index >= 15 is 8.78 Å². The Kier molecular flexibility index (Phi) is 10.2. The molecule has 0 aliphatic carbocycles. The lowest BCUT2D eigenvalue weighted by atomic mass is 9.97. The second-order valence-electron chi connectivity index (χ2n) is 11.2. The molecule has 0 spiro atoms. The fourth-order valence-electron chi connectivity index (χ4n) is 5.33. The second kappa shape index (κ2) is 14.3. The van der Waals surface area contributed by atoms with E-state index in [1.54, 1.807) is 12.4 Å². The molecule has 47 heavy (non-hydrogen) atoms. The summed E-state index contributed by atoms with van der Waals surface area (Å²) >= 11 is 0. The van der Waals surface area contributed by atoms with Gasteiger partial charge in [-0.05, 0) is 83.7 Å². The predicted molar refractivity (Wildman–Crippen MR) is 165 cm³/mol. The maximum absolute atomic E-state index is 15.3. The first-order valence-electron chi connectivity index (χ1n) is 15.0. The lowest BCUT2D eigenvalue weighted by Gasteiger charge is -2.11. The van der Waals surface area contributed by atoms with Gasteiger partial charge in [-0.25, -0.2) is 31.9 Å². The second-order valence-corrected chi connectivity index (χ2v) is 11.2. The van der Waals surface area contributed by atoms with Gasteiger partial charge in [0, 0.05) is 23.9 Å². The highest BCUT2D eigenvalue weighted by Crippen LogP contribution is 2.35. The zero-order valence-corrected chi connectivity index (χ0v) is 25.2. The van der Waals surface area contributed by atoms with Gasteiger partial charge in [0.1, 0.15) is 23.3 Å². The number of hydrogen-bond acceptors (Lipinski definition) is 2. The summed E-state index contributed by atoms with van der Waals surface area (Å²) in [7, 11) is 0. The molecule has 0 aliphatic rings. The molecule has 0 radical (unpaired) electrons. The highest BCUT2D eigenvalue weighted by molar-refractivity contribution is 5.90. The Bertz CT molecular complexity index is 1930. The van der Waals surface area contributed by atoms with Crippen LogP contribution in [0.25, 0.3) is 33.3 Å². The first-order valence-corrected chi connectivity index (χ1v) is 15.0. The van der Waals surface area contributed by atoms with Crippen LogP contribution >= 0.6 is 0 Å². The first kappa shape index (κ1) is 33.6. The van der Waals surface area contributed by atoms with Crippen molar-refractivity contribution in [1.82, 2.24) is 9.97 Å². The van der Waals surface area contributed by atoms with E-state index in [9.17, 15) is 26.3 Å². The van der Waals surface area contributed by atoms with E-state index in [-0.39, 0.29) is 17.0 Å². The van der Waals surface area contributed by atoms with Crippen LogP contribution in [0.5, 0.6) is 0 Å². The summed E-state index contributed by atoms with van der Waals surface area (Å²) in [6, 6.07) is 12.5. The van der Waals surface area contributed by atoms with Crippen LogP contribution in [0.4, 0.5) is 35.1 Å². The number of benzene rings is 4. The van der Waals surface area contributed by atoms with Crippen LogP contribution in [0.15, 0.2) is 67.0 Å². The zero-order chi connectivity index (χ0) is 33.7. The molecule has 0 amide bonds. The number of rotatable bonds is 10. The van der Waals surface area contributed by atoms with E-state index < -0.39 is 57.2 Å². The Hall–Kier alpha value is -4.78. The van der Waals surface area contributed by atoms with Crippen LogP contribution < -0.4 is 0 Å². The summed E-state index contributed by atoms with van der Waals surface area (Å²) < 4.78 is 112. The van der Waals surface area contributed by atoms with Crippen molar-refractivity contribution < 1.29 is 35.1 Å². The summed E-state index contributed by atoms with van der Waals surface area (Å²) in [6.45, 7) is 2.19. The Morgan fingerprint density at radius 3 is 1.85 bits per heavy atom. The molecular weight excluding hydrogens is 624 g/mol. The van der Waals surface area contributed by atoms with Crippen LogP contribution in [0.1, 0.15) is 54.9 Å². The minimum Gasteiger partial charge on any atom is -0.236 e. The largest absolute Gasteiger partial charge is 0.458 e. The summed E-state index contributed by atoms with van der Waals surface area (Å²) in [6.07, 6.45) is 5.43. The monoisotopic (exact) mass is 652 g/mol. The molecule has 5 rings (SSSR count). The van der Waals surface area contributed by atoms with E-state index in [2.05, 4.69) is 41.2 Å². The average molecular weight is 653 g/mol. The zero-order valence-electron chi connectivity index (χ0n) is 25.2. The molecule has 0 saturated heterocycles. The first-order chi connectivity index (χ1) is 22.4. The minimum absolute atomic E-state index is 0.0102. The maximum Gasteiger partial charge on any atom is 0.458 e. The van der Waals surface area contributed by atoms with Crippen LogP contribution in [-0.2, 0) is 19.3 Å². The van der Waals surface area contributed by atoms with Crippen molar-refractivity contribution >= 4 is 10.8 Å². The third-order valence-corrected chi connectivity index (χ3v) is 7.75. The number of alkyl halides is 3. The molecule has 0 aliphatic heterocycles. The predicted octanol–water partition coefficient (Wildman–Crippen LogP) is 10.5. The Morgan fingerprint density at radius 1 is 0.638 bits per heavy atom. The van der Waals surface area contributed by atoms with Crippen molar-refractivity contribution in [2.24, 2.45) is 0 Å². The number of aryl methyl sites for hydroxylation is 3. The summed E-state index contributed by atoms with van der Waals surface area (Å²) in [5, 5.41) is -1.34. The summed E-state index contributed by atoms with van der Waals surface area (Å²) in [5.41, 5.74) is 0.965. The average Bonchev–Trinajstić information content (AvgIpc) is 3.01. The van der Waals surface area contributed by atoms with Crippen LogP contribution in [-0.4, -0.2) is 16.1 Å². The van der Waals surface area contributed by atoms with Gasteiger partial charge in [0.15, 0.2) is 11.6 Å².